The highest BCUT2D eigenvalue weighted by Gasteiger charge is 2.56. The van der Waals surface area contributed by atoms with Crippen LogP contribution >= 0.6 is 7.75 Å². The fourth-order valence-electron chi connectivity index (χ4n) is 4.43. The number of rotatable bonds is 9. The zero-order valence-corrected chi connectivity index (χ0v) is 23.2. The molecule has 216 valence electrons. The van der Waals surface area contributed by atoms with Crippen LogP contribution in [0.2, 0.25) is 0 Å². The molecule has 0 saturated carbocycles. The molecule has 4 rings (SSSR count). The Bertz CT molecular complexity index is 1310. The average Bonchev–Trinajstić information content (AvgIpc) is 3.06. The van der Waals surface area contributed by atoms with Gasteiger partial charge in [0.2, 0.25) is 0 Å². The molecular weight excluding hydrogens is 536 g/mol. The summed E-state index contributed by atoms with van der Waals surface area (Å²) in [5, 5.41) is 13.6. The Labute approximate surface area is 225 Å². The molecule has 2 saturated heterocycles. The fourth-order valence-corrected chi connectivity index (χ4v) is 6.03. The van der Waals surface area contributed by atoms with Crippen molar-refractivity contribution in [2.45, 2.75) is 77.0 Å². The van der Waals surface area contributed by atoms with Gasteiger partial charge in [-0.15, -0.1) is 0 Å². The molecule has 6 atom stereocenters. The number of H-pyrrole nitrogens is 1. The number of benzene rings is 1. The molecule has 1 aromatic carbocycles. The van der Waals surface area contributed by atoms with Crippen LogP contribution in [0.1, 0.15) is 44.0 Å². The summed E-state index contributed by atoms with van der Waals surface area (Å²) in [6.07, 6.45) is -2.66. The molecule has 0 radical (unpaired) electrons. The van der Waals surface area contributed by atoms with Crippen LogP contribution in [0, 0.1) is 13.8 Å². The van der Waals surface area contributed by atoms with E-state index in [1.807, 2.05) is 18.0 Å². The van der Waals surface area contributed by atoms with E-state index in [0.29, 0.717) is 19.0 Å². The summed E-state index contributed by atoms with van der Waals surface area (Å²) in [7, 11) is -4.19. The second kappa shape index (κ2) is 12.0. The molecule has 0 bridgehead atoms. The van der Waals surface area contributed by atoms with Gasteiger partial charge in [0, 0.05) is 25.5 Å². The molecule has 14 heteroatoms. The van der Waals surface area contributed by atoms with Crippen LogP contribution in [0.5, 0.6) is 5.75 Å². The highest BCUT2D eigenvalue weighted by Crippen LogP contribution is 2.48. The zero-order valence-electron chi connectivity index (χ0n) is 22.3. The Morgan fingerprint density at radius 2 is 1.95 bits per heavy atom. The maximum atomic E-state index is 15.6. The van der Waals surface area contributed by atoms with Gasteiger partial charge in [-0.05, 0) is 57.7 Å². The minimum absolute atomic E-state index is 0.307. The SMILES string of the molecule is Cc1cccc(OP(=O)(N[C@@H](C)C2OCCCCO2)OC[C@H]2O[C@H](n3ccc(=O)[nH]c3=O)[C@](C)(F)[C@@H]2O)c1C. The molecule has 2 aliphatic heterocycles. The molecule has 3 heterocycles. The first-order chi connectivity index (χ1) is 18.4. The lowest BCUT2D eigenvalue weighted by molar-refractivity contribution is -0.139. The Balaban J connectivity index is 1.55. The van der Waals surface area contributed by atoms with Crippen molar-refractivity contribution in [2.24, 2.45) is 0 Å². The first-order valence-corrected chi connectivity index (χ1v) is 14.3. The van der Waals surface area contributed by atoms with Crippen LogP contribution in [-0.4, -0.2) is 64.7 Å². The Morgan fingerprint density at radius 3 is 2.62 bits per heavy atom. The van der Waals surface area contributed by atoms with Crippen LogP contribution in [-0.2, 0) is 23.3 Å². The molecule has 0 aliphatic carbocycles. The van der Waals surface area contributed by atoms with Crippen molar-refractivity contribution in [3.05, 3.63) is 62.4 Å². The highest BCUT2D eigenvalue weighted by molar-refractivity contribution is 7.52. The van der Waals surface area contributed by atoms with Gasteiger partial charge in [0.05, 0.1) is 12.6 Å². The zero-order chi connectivity index (χ0) is 28.4. The van der Waals surface area contributed by atoms with Gasteiger partial charge in [-0.25, -0.2) is 18.8 Å². The standard InChI is InChI=1S/C25H35FN3O9P/c1-15-8-7-9-18(16(15)2)38-39(33,28-17(3)22-34-12-5-6-13-35-22)36-14-19-21(31)25(4,26)23(37-19)29-11-10-20(30)27-24(29)32/h7-11,17,19,21-23,31H,5-6,12-14H2,1-4H3,(H,28,33)(H,27,30,32)/t17-,19+,21+,23-,25+,39?/m0/s1. The number of halogens is 1. The number of aliphatic hydroxyl groups excluding tert-OH is 1. The number of nitrogens with one attached hydrogen (secondary N) is 2. The summed E-state index contributed by atoms with van der Waals surface area (Å²) in [5.74, 6) is 0.307. The normalized spacial score (nSPS) is 28.5. The summed E-state index contributed by atoms with van der Waals surface area (Å²) < 4.78 is 59.2. The summed E-state index contributed by atoms with van der Waals surface area (Å²) in [6, 6.07) is 5.66. The van der Waals surface area contributed by atoms with Gasteiger partial charge in [-0.1, -0.05) is 12.1 Å². The van der Waals surface area contributed by atoms with E-state index in [2.05, 4.69) is 5.09 Å². The maximum Gasteiger partial charge on any atom is 0.459 e. The van der Waals surface area contributed by atoms with E-state index < -0.39 is 62.0 Å². The number of aromatic nitrogens is 2. The number of hydrogen-bond donors (Lipinski definition) is 3. The molecule has 2 aromatic rings. The molecule has 1 unspecified atom stereocenters. The molecule has 1 aromatic heterocycles. The van der Waals surface area contributed by atoms with Gasteiger partial charge in [0.1, 0.15) is 18.0 Å². The number of nitrogens with zero attached hydrogens (tertiary/aromatic N) is 1. The van der Waals surface area contributed by atoms with Gasteiger partial charge in [-0.2, -0.15) is 0 Å². The minimum Gasteiger partial charge on any atom is -0.413 e. The van der Waals surface area contributed by atoms with E-state index >= 15 is 4.39 Å². The van der Waals surface area contributed by atoms with Crippen molar-refractivity contribution in [1.82, 2.24) is 14.6 Å². The van der Waals surface area contributed by atoms with E-state index in [1.54, 1.807) is 26.0 Å². The largest absolute Gasteiger partial charge is 0.459 e. The molecule has 0 amide bonds. The molecule has 3 N–H and O–H groups in total. The first kappa shape index (κ1) is 29.6. The van der Waals surface area contributed by atoms with Gasteiger partial charge in [0.15, 0.2) is 18.2 Å². The lowest BCUT2D eigenvalue weighted by Gasteiger charge is -2.29. The predicted octanol–water partition coefficient (Wildman–Crippen LogP) is 2.47. The van der Waals surface area contributed by atoms with Crippen molar-refractivity contribution >= 4 is 7.75 Å². The van der Waals surface area contributed by atoms with Crippen molar-refractivity contribution in [3.63, 3.8) is 0 Å². The summed E-state index contributed by atoms with van der Waals surface area (Å²) in [4.78, 5) is 25.7. The monoisotopic (exact) mass is 571 g/mol. The van der Waals surface area contributed by atoms with E-state index in [4.69, 9.17) is 23.3 Å². The smallest absolute Gasteiger partial charge is 0.413 e. The Hall–Kier alpha value is -2.38. The van der Waals surface area contributed by atoms with Gasteiger partial charge in [-0.3, -0.25) is 18.9 Å². The number of aromatic amines is 1. The third-order valence-electron chi connectivity index (χ3n) is 6.88. The highest BCUT2D eigenvalue weighted by atomic mass is 31.2. The summed E-state index contributed by atoms with van der Waals surface area (Å²) in [6.45, 7) is 6.85. The molecule has 2 fully saturated rings. The number of alkyl halides is 1. The maximum absolute atomic E-state index is 15.6. The van der Waals surface area contributed by atoms with Gasteiger partial charge < -0.3 is 23.8 Å². The number of hydrogen-bond acceptors (Lipinski definition) is 9. The molecule has 2 aliphatic rings. The number of aryl methyl sites for hydroxylation is 1. The molecule has 0 spiro atoms. The van der Waals surface area contributed by atoms with E-state index in [9.17, 15) is 19.3 Å². The third kappa shape index (κ3) is 6.68. The molecular formula is C25H35FN3O9P. The lowest BCUT2D eigenvalue weighted by Crippen LogP contribution is -2.44. The summed E-state index contributed by atoms with van der Waals surface area (Å²) >= 11 is 0. The fraction of sp³-hybridized carbons (Fsp3) is 0.600. The molecule has 39 heavy (non-hydrogen) atoms. The van der Waals surface area contributed by atoms with Gasteiger partial charge in [0.25, 0.3) is 5.56 Å². The third-order valence-corrected chi connectivity index (χ3v) is 8.53. The first-order valence-electron chi connectivity index (χ1n) is 12.8. The van der Waals surface area contributed by atoms with E-state index in [-0.39, 0.29) is 0 Å². The van der Waals surface area contributed by atoms with Crippen LogP contribution in [0.15, 0.2) is 40.1 Å². The van der Waals surface area contributed by atoms with Crippen LogP contribution < -0.4 is 20.9 Å². The number of aliphatic hydroxyl groups is 1. The van der Waals surface area contributed by atoms with Crippen LogP contribution in [0.3, 0.4) is 0 Å². The minimum atomic E-state index is -4.19. The lowest BCUT2D eigenvalue weighted by atomic mass is 9.98. The van der Waals surface area contributed by atoms with Crippen molar-refractivity contribution < 1.29 is 37.3 Å². The van der Waals surface area contributed by atoms with Crippen molar-refractivity contribution in [3.8, 4) is 5.75 Å². The molecule has 12 nitrogen and oxygen atoms in total. The second-order valence-electron chi connectivity index (χ2n) is 9.96. The topological polar surface area (TPSA) is 150 Å². The van der Waals surface area contributed by atoms with E-state index in [1.165, 1.54) is 0 Å². The summed E-state index contributed by atoms with van der Waals surface area (Å²) in [5.41, 5.74) is -2.38. The number of ether oxygens (including phenoxy) is 3. The van der Waals surface area contributed by atoms with Gasteiger partial charge >= 0.3 is 13.4 Å². The predicted molar refractivity (Wildman–Crippen MR) is 138 cm³/mol. The average molecular weight is 572 g/mol. The van der Waals surface area contributed by atoms with Crippen molar-refractivity contribution in [2.75, 3.05) is 19.8 Å². The van der Waals surface area contributed by atoms with Crippen molar-refractivity contribution in [1.29, 1.82) is 0 Å². The quantitative estimate of drug-likeness (QED) is 0.383. The Morgan fingerprint density at radius 1 is 1.26 bits per heavy atom. The second-order valence-corrected chi connectivity index (χ2v) is 11.7. The van der Waals surface area contributed by atoms with Crippen LogP contribution in [0.25, 0.3) is 0 Å². The Kier molecular flexibility index (Phi) is 9.12. The van der Waals surface area contributed by atoms with Crippen LogP contribution in [0.4, 0.5) is 4.39 Å². The van der Waals surface area contributed by atoms with E-state index in [0.717, 1.165) is 47.7 Å².